The number of hydrogen-bond acceptors (Lipinski definition) is 0. The molecular weight excluding hydrogens is 224 g/mol. The molecule has 0 amide bonds. The normalized spacial score (nSPS) is 22.1. The lowest BCUT2D eigenvalue weighted by molar-refractivity contribution is 0.673. The maximum absolute atomic E-state index is 2.53. The third-order valence-electron chi connectivity index (χ3n) is 3.82. The molecule has 0 heterocycles. The molecule has 0 saturated carbocycles. The van der Waals surface area contributed by atoms with E-state index in [-0.39, 0.29) is 0 Å². The lowest BCUT2D eigenvalue weighted by Crippen LogP contribution is -2.41. The summed E-state index contributed by atoms with van der Waals surface area (Å²) in [4.78, 5) is 0. The van der Waals surface area contributed by atoms with E-state index in [0.29, 0.717) is 0 Å². The Labute approximate surface area is 103 Å². The summed E-state index contributed by atoms with van der Waals surface area (Å²) in [6.45, 7) is 15.2. The van der Waals surface area contributed by atoms with Crippen LogP contribution >= 0.6 is 0 Å². The van der Waals surface area contributed by atoms with Crippen LogP contribution in [0, 0.1) is 0 Å². The molecule has 16 heavy (non-hydrogen) atoms. The summed E-state index contributed by atoms with van der Waals surface area (Å²) < 4.78 is 0. The van der Waals surface area contributed by atoms with Gasteiger partial charge in [-0.05, 0) is 36.8 Å². The molecule has 0 saturated heterocycles. The fourth-order valence-corrected chi connectivity index (χ4v) is 9.77. The van der Waals surface area contributed by atoms with E-state index < -0.39 is 16.1 Å². The predicted molar refractivity (Wildman–Crippen MR) is 79.2 cm³/mol. The molecule has 2 heteroatoms. The number of hydrogen-bond donors (Lipinski definition) is 0. The number of rotatable bonds is 2. The highest BCUT2D eigenvalue weighted by Crippen LogP contribution is 2.50. The van der Waals surface area contributed by atoms with Gasteiger partial charge in [-0.25, -0.2) is 0 Å². The lowest BCUT2D eigenvalue weighted by atomic mass is 9.84. The average molecular weight is 251 g/mol. The molecule has 0 aliphatic heterocycles. The van der Waals surface area contributed by atoms with Crippen LogP contribution in [0.25, 0.3) is 0 Å². The van der Waals surface area contributed by atoms with Crippen molar-refractivity contribution in [2.45, 2.75) is 65.0 Å². The molecule has 0 spiro atoms. The molecule has 2 aliphatic rings. The second-order valence-electron chi connectivity index (χ2n) is 7.41. The molecule has 2 rings (SSSR count). The number of allylic oxidation sites excluding steroid dienone is 4. The molecule has 2 aliphatic carbocycles. The Morgan fingerprint density at radius 2 is 0.938 bits per heavy atom. The van der Waals surface area contributed by atoms with Crippen LogP contribution in [0.5, 0.6) is 0 Å². The fourth-order valence-electron chi connectivity index (χ4n) is 3.35. The molecule has 0 radical (unpaired) electrons. The highest BCUT2D eigenvalue weighted by molar-refractivity contribution is 6.91. The van der Waals surface area contributed by atoms with Gasteiger partial charge in [0.05, 0.1) is 16.1 Å². The molecule has 90 valence electrons. The van der Waals surface area contributed by atoms with Gasteiger partial charge in [-0.2, -0.15) is 0 Å². The predicted octanol–water partition coefficient (Wildman–Crippen LogP) is 4.92. The van der Waals surface area contributed by atoms with Crippen molar-refractivity contribution >= 4 is 16.1 Å². The van der Waals surface area contributed by atoms with Crippen molar-refractivity contribution in [1.82, 2.24) is 0 Å². The summed E-state index contributed by atoms with van der Waals surface area (Å²) in [6, 6.07) is 0. The van der Waals surface area contributed by atoms with Gasteiger partial charge in [0.15, 0.2) is 0 Å². The summed E-state index contributed by atoms with van der Waals surface area (Å²) in [5.74, 6) is 0. The van der Waals surface area contributed by atoms with Crippen LogP contribution in [-0.2, 0) is 0 Å². The summed E-state index contributed by atoms with van der Waals surface area (Å²) in [5.41, 5.74) is 3.64. The van der Waals surface area contributed by atoms with E-state index in [1.54, 1.807) is 0 Å². The van der Waals surface area contributed by atoms with Crippen molar-refractivity contribution in [2.24, 2.45) is 0 Å². The Kier molecular flexibility index (Phi) is 2.87. The van der Waals surface area contributed by atoms with Crippen LogP contribution in [0.4, 0.5) is 0 Å². The second kappa shape index (κ2) is 3.71. The maximum atomic E-state index is 2.53. The summed E-state index contributed by atoms with van der Waals surface area (Å²) in [6.07, 6.45) is 5.66. The molecule has 0 nitrogen and oxygen atoms in total. The van der Waals surface area contributed by atoms with E-state index in [4.69, 9.17) is 0 Å². The first kappa shape index (κ1) is 12.4. The zero-order valence-corrected chi connectivity index (χ0v) is 13.8. The molecule has 0 N–H and O–H groups in total. The van der Waals surface area contributed by atoms with E-state index in [0.717, 1.165) is 0 Å². The van der Waals surface area contributed by atoms with Crippen molar-refractivity contribution in [3.63, 3.8) is 0 Å². The van der Waals surface area contributed by atoms with Gasteiger partial charge in [0.1, 0.15) is 0 Å². The minimum atomic E-state index is -1.10. The van der Waals surface area contributed by atoms with E-state index in [2.05, 4.69) is 39.3 Å². The van der Waals surface area contributed by atoms with Crippen LogP contribution in [0.2, 0.25) is 39.3 Å². The topological polar surface area (TPSA) is 0 Å². The van der Waals surface area contributed by atoms with Gasteiger partial charge in [0.2, 0.25) is 0 Å². The average Bonchev–Trinajstić information content (AvgIpc) is 2.01. The van der Waals surface area contributed by atoms with Crippen molar-refractivity contribution < 1.29 is 0 Å². The molecule has 0 aromatic carbocycles. The van der Waals surface area contributed by atoms with Crippen molar-refractivity contribution in [3.05, 3.63) is 21.5 Å². The third-order valence-corrected chi connectivity index (χ3v) is 8.17. The monoisotopic (exact) mass is 250 g/mol. The minimum absolute atomic E-state index is 1.10. The molecule has 0 aromatic rings. The Bertz CT molecular complexity index is 337. The molecule has 0 bridgehead atoms. The summed E-state index contributed by atoms with van der Waals surface area (Å²) >= 11 is 0. The van der Waals surface area contributed by atoms with Gasteiger partial charge in [-0.1, -0.05) is 49.7 Å². The van der Waals surface area contributed by atoms with Crippen molar-refractivity contribution in [3.8, 4) is 0 Å². The Morgan fingerprint density at radius 1 is 0.625 bits per heavy atom. The highest BCUT2D eigenvalue weighted by Gasteiger charge is 2.41. The second-order valence-corrected chi connectivity index (χ2v) is 17.4. The summed E-state index contributed by atoms with van der Waals surface area (Å²) in [7, 11) is -2.20. The van der Waals surface area contributed by atoms with Crippen molar-refractivity contribution in [1.29, 1.82) is 0 Å². The quantitative estimate of drug-likeness (QED) is 0.610. The Morgan fingerprint density at radius 3 is 1.19 bits per heavy atom. The third kappa shape index (κ3) is 1.90. The molecule has 0 aromatic heterocycles. The molecule has 0 atom stereocenters. The highest BCUT2D eigenvalue weighted by atomic mass is 28.3. The zero-order valence-electron chi connectivity index (χ0n) is 11.8. The first-order chi connectivity index (χ1) is 7.23. The SMILES string of the molecule is C[Si](C)(C)C1=C([Si](C)(C)C)C2=C1CCCC2. The molecular formula is C14H26Si2. The van der Waals surface area contributed by atoms with Gasteiger partial charge in [0.25, 0.3) is 0 Å². The maximum Gasteiger partial charge on any atom is 0.0778 e. The smallest absolute Gasteiger partial charge is 0.0656 e. The van der Waals surface area contributed by atoms with Crippen molar-refractivity contribution in [2.75, 3.05) is 0 Å². The van der Waals surface area contributed by atoms with Gasteiger partial charge < -0.3 is 0 Å². The molecule has 0 fully saturated rings. The largest absolute Gasteiger partial charge is 0.0778 e. The standard InChI is InChI=1S/C14H26Si2/c1-15(2,3)13-11-9-7-8-10-12(11)14(13)16(4,5)6/h7-10H2,1-6H3. The van der Waals surface area contributed by atoms with Gasteiger partial charge in [0, 0.05) is 0 Å². The molecule has 0 unspecified atom stereocenters. The fraction of sp³-hybridized carbons (Fsp3) is 0.714. The van der Waals surface area contributed by atoms with Crippen LogP contribution in [0.1, 0.15) is 25.7 Å². The Hall–Kier alpha value is -0.0862. The van der Waals surface area contributed by atoms with Gasteiger partial charge >= 0.3 is 0 Å². The summed E-state index contributed by atoms with van der Waals surface area (Å²) in [5, 5.41) is 3.78. The van der Waals surface area contributed by atoms with E-state index in [9.17, 15) is 0 Å². The first-order valence-electron chi connectivity index (χ1n) is 6.71. The Balaban J connectivity index is 2.43. The van der Waals surface area contributed by atoms with E-state index >= 15 is 0 Å². The minimum Gasteiger partial charge on any atom is -0.0656 e. The van der Waals surface area contributed by atoms with E-state index in [1.165, 1.54) is 25.7 Å². The van der Waals surface area contributed by atoms with Crippen LogP contribution in [-0.4, -0.2) is 16.1 Å². The van der Waals surface area contributed by atoms with Gasteiger partial charge in [-0.15, -0.1) is 0 Å². The lowest BCUT2D eigenvalue weighted by Gasteiger charge is -2.45. The van der Waals surface area contributed by atoms with E-state index in [1.807, 2.05) is 21.5 Å². The van der Waals surface area contributed by atoms with Gasteiger partial charge in [-0.3, -0.25) is 0 Å². The van der Waals surface area contributed by atoms with Crippen LogP contribution in [0.15, 0.2) is 21.5 Å². The first-order valence-corrected chi connectivity index (χ1v) is 13.7. The zero-order chi connectivity index (χ0) is 12.1. The van der Waals surface area contributed by atoms with Crippen LogP contribution < -0.4 is 0 Å². The van der Waals surface area contributed by atoms with Crippen LogP contribution in [0.3, 0.4) is 0 Å².